The fraction of sp³-hybridized carbons (Fsp3) is 0.588. The van der Waals surface area contributed by atoms with Crippen molar-refractivity contribution in [2.75, 3.05) is 39.2 Å². The van der Waals surface area contributed by atoms with E-state index < -0.39 is 0 Å². The summed E-state index contributed by atoms with van der Waals surface area (Å²) in [6.45, 7) is 6.85. The molecule has 1 aromatic rings. The molecule has 0 unspecified atom stereocenters. The lowest BCUT2D eigenvalue weighted by atomic mass is 10.2. The maximum atomic E-state index is 12.2. The second-order valence-corrected chi connectivity index (χ2v) is 6.03. The third kappa shape index (κ3) is 5.11. The molecule has 2 N–H and O–H groups in total. The van der Waals surface area contributed by atoms with Crippen molar-refractivity contribution < 1.29 is 23.9 Å². The van der Waals surface area contributed by atoms with Gasteiger partial charge in [0.1, 0.15) is 36.8 Å². The van der Waals surface area contributed by atoms with Crippen LogP contribution in [0.5, 0.6) is 11.5 Å². The molecular weight excluding hydrogens is 296 g/mol. The minimum absolute atomic E-state index is 0.0177. The number of rotatable bonds is 6. The zero-order chi connectivity index (χ0) is 16.8. The molecule has 1 fully saturated rings. The van der Waals surface area contributed by atoms with Crippen LogP contribution >= 0.6 is 0 Å². The molecule has 23 heavy (non-hydrogen) atoms. The van der Waals surface area contributed by atoms with Gasteiger partial charge in [0.05, 0.1) is 32.9 Å². The molecule has 2 atom stereocenters. The topological polar surface area (TPSA) is 61.2 Å². The van der Waals surface area contributed by atoms with Gasteiger partial charge < -0.3 is 24.4 Å². The molecule has 1 saturated heterocycles. The van der Waals surface area contributed by atoms with Crippen molar-refractivity contribution in [3.8, 4) is 11.5 Å². The van der Waals surface area contributed by atoms with E-state index in [1.165, 1.54) is 4.90 Å². The average Bonchev–Trinajstić information content (AvgIpc) is 2.52. The van der Waals surface area contributed by atoms with Crippen LogP contribution in [0.25, 0.3) is 0 Å². The van der Waals surface area contributed by atoms with Crippen LogP contribution in [0.3, 0.4) is 0 Å². The van der Waals surface area contributed by atoms with Crippen molar-refractivity contribution in [3.05, 3.63) is 18.2 Å². The quantitative estimate of drug-likeness (QED) is 0.810. The first-order valence-corrected chi connectivity index (χ1v) is 8.02. The molecule has 0 spiro atoms. The number of morpholine rings is 1. The fourth-order valence-corrected chi connectivity index (χ4v) is 3.01. The van der Waals surface area contributed by atoms with E-state index >= 15 is 0 Å². The summed E-state index contributed by atoms with van der Waals surface area (Å²) in [5.74, 6) is 1.29. The van der Waals surface area contributed by atoms with Gasteiger partial charge in [0.15, 0.2) is 0 Å². The second-order valence-electron chi connectivity index (χ2n) is 6.03. The van der Waals surface area contributed by atoms with Crippen LogP contribution in [0.4, 0.5) is 5.69 Å². The molecule has 1 aliphatic heterocycles. The normalized spacial score (nSPS) is 24.1. The van der Waals surface area contributed by atoms with Gasteiger partial charge >= 0.3 is 0 Å². The van der Waals surface area contributed by atoms with Crippen molar-refractivity contribution in [1.82, 2.24) is 0 Å². The number of carbonyl (C=O) groups is 1. The Labute approximate surface area is 137 Å². The third-order valence-corrected chi connectivity index (χ3v) is 4.00. The molecule has 1 amide bonds. The van der Waals surface area contributed by atoms with Crippen molar-refractivity contribution in [2.45, 2.75) is 32.5 Å². The summed E-state index contributed by atoms with van der Waals surface area (Å²) in [7, 11) is 3.18. The van der Waals surface area contributed by atoms with E-state index in [1.54, 1.807) is 32.4 Å². The van der Waals surface area contributed by atoms with Crippen molar-refractivity contribution in [2.24, 2.45) is 0 Å². The zero-order valence-electron chi connectivity index (χ0n) is 14.3. The minimum atomic E-state index is -0.0177. The predicted octanol–water partition coefficient (Wildman–Crippen LogP) is 0.725. The van der Waals surface area contributed by atoms with E-state index in [-0.39, 0.29) is 18.1 Å². The number of hydrogen-bond acceptors (Lipinski definition) is 4. The Morgan fingerprint density at radius 1 is 1.26 bits per heavy atom. The van der Waals surface area contributed by atoms with Crippen LogP contribution in [-0.4, -0.2) is 52.0 Å². The summed E-state index contributed by atoms with van der Waals surface area (Å²) >= 11 is 0. The van der Waals surface area contributed by atoms with Crippen LogP contribution in [0.2, 0.25) is 0 Å². The first kappa shape index (κ1) is 17.6. The van der Waals surface area contributed by atoms with Gasteiger partial charge in [0.2, 0.25) is 5.91 Å². The Morgan fingerprint density at radius 2 is 1.96 bits per heavy atom. The number of amides is 1. The highest BCUT2D eigenvalue weighted by Gasteiger charge is 2.25. The molecule has 0 aliphatic carbocycles. The number of ether oxygens (including phenoxy) is 3. The molecular formula is C17H27N2O4+. The average molecular weight is 323 g/mol. The van der Waals surface area contributed by atoms with Crippen LogP contribution < -0.4 is 19.7 Å². The van der Waals surface area contributed by atoms with E-state index in [2.05, 4.69) is 19.2 Å². The van der Waals surface area contributed by atoms with E-state index in [0.29, 0.717) is 23.6 Å². The first-order valence-electron chi connectivity index (χ1n) is 8.02. The number of carbonyl (C=O) groups excluding carboxylic acids is 1. The van der Waals surface area contributed by atoms with E-state index in [1.807, 2.05) is 0 Å². The van der Waals surface area contributed by atoms with E-state index in [9.17, 15) is 4.79 Å². The summed E-state index contributed by atoms with van der Waals surface area (Å²) in [4.78, 5) is 13.6. The molecule has 6 nitrogen and oxygen atoms in total. The van der Waals surface area contributed by atoms with Gasteiger partial charge in [-0.15, -0.1) is 0 Å². The highest BCUT2D eigenvalue weighted by atomic mass is 16.5. The monoisotopic (exact) mass is 323 g/mol. The smallest absolute Gasteiger partial charge is 0.230 e. The van der Waals surface area contributed by atoms with Crippen LogP contribution in [0, 0.1) is 0 Å². The van der Waals surface area contributed by atoms with Gasteiger partial charge in [-0.1, -0.05) is 0 Å². The second kappa shape index (κ2) is 8.17. The zero-order valence-corrected chi connectivity index (χ0v) is 14.3. The van der Waals surface area contributed by atoms with Gasteiger partial charge in [0.25, 0.3) is 0 Å². The summed E-state index contributed by atoms with van der Waals surface area (Å²) in [5.41, 5.74) is 0.635. The highest BCUT2D eigenvalue weighted by molar-refractivity contribution is 5.92. The lowest BCUT2D eigenvalue weighted by Crippen LogP contribution is -3.15. The Balaban J connectivity index is 1.89. The Kier molecular flexibility index (Phi) is 6.24. The lowest BCUT2D eigenvalue weighted by Gasteiger charge is -2.32. The maximum absolute atomic E-state index is 12.2. The maximum Gasteiger partial charge on any atom is 0.230 e. The summed E-state index contributed by atoms with van der Waals surface area (Å²) in [6, 6.07) is 5.35. The standard InChI is InChI=1S/C17H26N2O4/c1-12-10-19(11-13(2)23-12)8-7-17(20)18-15-9-14(21-3)5-6-16(15)22-4/h5-6,9,12-13H,7-8,10-11H2,1-4H3,(H,18,20)/p+1/t12-,13-/m0/s1. The number of quaternary nitrogens is 1. The molecule has 0 saturated carbocycles. The molecule has 0 bridgehead atoms. The number of methoxy groups -OCH3 is 2. The summed E-state index contributed by atoms with van der Waals surface area (Å²) < 4.78 is 16.2. The van der Waals surface area contributed by atoms with Gasteiger partial charge in [-0.2, -0.15) is 0 Å². The number of nitrogens with one attached hydrogen (secondary N) is 2. The summed E-state index contributed by atoms with van der Waals surface area (Å²) in [6.07, 6.45) is 0.959. The largest absolute Gasteiger partial charge is 0.497 e. The number of anilines is 1. The molecule has 1 heterocycles. The van der Waals surface area contributed by atoms with Gasteiger partial charge in [-0.05, 0) is 26.0 Å². The molecule has 128 valence electrons. The first-order chi connectivity index (χ1) is 11.0. The van der Waals surface area contributed by atoms with Crippen LogP contribution in [-0.2, 0) is 9.53 Å². The third-order valence-electron chi connectivity index (χ3n) is 4.00. The Hall–Kier alpha value is -1.79. The van der Waals surface area contributed by atoms with Crippen molar-refractivity contribution in [3.63, 3.8) is 0 Å². The van der Waals surface area contributed by atoms with E-state index in [4.69, 9.17) is 14.2 Å². The lowest BCUT2D eigenvalue weighted by molar-refractivity contribution is -0.914. The molecule has 0 radical (unpaired) electrons. The fourth-order valence-electron chi connectivity index (χ4n) is 3.01. The van der Waals surface area contributed by atoms with Gasteiger partial charge in [-0.3, -0.25) is 4.79 Å². The van der Waals surface area contributed by atoms with Gasteiger partial charge in [0, 0.05) is 6.07 Å². The highest BCUT2D eigenvalue weighted by Crippen LogP contribution is 2.28. The molecule has 2 rings (SSSR count). The predicted molar refractivity (Wildman–Crippen MR) is 88.4 cm³/mol. The SMILES string of the molecule is COc1ccc(OC)c(NC(=O)CC[NH+]2C[C@H](C)O[C@@H](C)C2)c1. The molecule has 6 heteroatoms. The summed E-state index contributed by atoms with van der Waals surface area (Å²) in [5, 5.41) is 2.91. The Morgan fingerprint density at radius 3 is 2.57 bits per heavy atom. The van der Waals surface area contributed by atoms with Crippen molar-refractivity contribution in [1.29, 1.82) is 0 Å². The van der Waals surface area contributed by atoms with Crippen LogP contribution in [0.1, 0.15) is 20.3 Å². The number of hydrogen-bond donors (Lipinski definition) is 2. The minimum Gasteiger partial charge on any atom is -0.497 e. The van der Waals surface area contributed by atoms with Crippen molar-refractivity contribution >= 4 is 11.6 Å². The molecule has 1 aromatic carbocycles. The van der Waals surface area contributed by atoms with Crippen LogP contribution in [0.15, 0.2) is 18.2 Å². The van der Waals surface area contributed by atoms with E-state index in [0.717, 1.165) is 19.6 Å². The molecule has 1 aliphatic rings. The molecule has 0 aromatic heterocycles. The number of benzene rings is 1. The van der Waals surface area contributed by atoms with Gasteiger partial charge in [-0.25, -0.2) is 0 Å². The Bertz CT molecular complexity index is 525.